The maximum Gasteiger partial charge on any atom is 0.420 e. The van der Waals surface area contributed by atoms with Crippen LogP contribution < -0.4 is 15.0 Å². The lowest BCUT2D eigenvalue weighted by Crippen LogP contribution is -2.40. The molecule has 31 heavy (non-hydrogen) atoms. The first-order valence-electron chi connectivity index (χ1n) is 9.73. The van der Waals surface area contributed by atoms with Crippen LogP contribution in [0.4, 0.5) is 5.69 Å². The fourth-order valence-corrected chi connectivity index (χ4v) is 2.78. The molecule has 8 nitrogen and oxygen atoms in total. The van der Waals surface area contributed by atoms with Crippen LogP contribution in [0.2, 0.25) is 0 Å². The van der Waals surface area contributed by atoms with Crippen LogP contribution in [0, 0.1) is 0 Å². The Morgan fingerprint density at radius 3 is 2.06 bits per heavy atom. The molecule has 0 fully saturated rings. The lowest BCUT2D eigenvalue weighted by atomic mass is 10.0. The number of esters is 1. The van der Waals surface area contributed by atoms with Gasteiger partial charge in [0, 0.05) is 25.3 Å². The largest absolute Gasteiger partial charge is 0.497 e. The van der Waals surface area contributed by atoms with Gasteiger partial charge >= 0.3 is 11.7 Å². The van der Waals surface area contributed by atoms with Gasteiger partial charge in [0.15, 0.2) is 6.04 Å². The minimum atomic E-state index is -1.04. The molecule has 0 spiro atoms. The smallest absolute Gasteiger partial charge is 0.420 e. The van der Waals surface area contributed by atoms with Gasteiger partial charge in [0.2, 0.25) is 0 Å². The van der Waals surface area contributed by atoms with Gasteiger partial charge in [-0.2, -0.15) is 4.79 Å². The Balaban J connectivity index is 2.39. The van der Waals surface area contributed by atoms with Crippen molar-refractivity contribution < 1.29 is 23.9 Å². The van der Waals surface area contributed by atoms with Gasteiger partial charge in [-0.1, -0.05) is 12.1 Å². The summed E-state index contributed by atoms with van der Waals surface area (Å²) in [6.07, 6.45) is 0. The standard InChI is InChI=1S/C23H28N4O4/c1-23(2,3)31-22(29)20(26-24)19(15-9-13-18(30-6)14-10-15)25-21(28)16-7-11-17(12-8-16)27(4)5/h7-14,19H,1-6H3,(H,25,28)/t19-/m0/s1. The number of carbonyl (C=O) groups is 2. The molecule has 1 N–H and O–H groups in total. The normalized spacial score (nSPS) is 11.7. The van der Waals surface area contributed by atoms with E-state index in [9.17, 15) is 15.1 Å². The first-order valence-corrected chi connectivity index (χ1v) is 9.73. The molecule has 0 saturated heterocycles. The molecule has 0 unspecified atom stereocenters. The molecule has 0 radical (unpaired) electrons. The number of hydrogen-bond donors (Lipinski definition) is 1. The summed E-state index contributed by atoms with van der Waals surface area (Å²) < 4.78 is 10.5. The average molecular weight is 425 g/mol. The number of benzene rings is 2. The SMILES string of the molecule is COc1ccc([C@H](NC(=O)c2ccc(N(C)C)cc2)C(=[N+]=[N-])C(=O)OC(C)(C)C)cc1. The Bertz CT molecular complexity index is 970. The Morgan fingerprint density at radius 1 is 1.03 bits per heavy atom. The third-order valence-electron chi connectivity index (χ3n) is 4.36. The summed E-state index contributed by atoms with van der Waals surface area (Å²) >= 11 is 0. The van der Waals surface area contributed by atoms with Crippen molar-refractivity contribution in [3.8, 4) is 5.75 Å². The van der Waals surface area contributed by atoms with Crippen LogP contribution in [-0.2, 0) is 9.53 Å². The van der Waals surface area contributed by atoms with Gasteiger partial charge in [0.1, 0.15) is 11.4 Å². The van der Waals surface area contributed by atoms with Gasteiger partial charge in [0.05, 0.1) is 7.11 Å². The summed E-state index contributed by atoms with van der Waals surface area (Å²) in [4.78, 5) is 30.7. The minimum Gasteiger partial charge on any atom is -0.497 e. The molecule has 0 aliphatic carbocycles. The van der Waals surface area contributed by atoms with Crippen LogP contribution in [0.15, 0.2) is 48.5 Å². The molecule has 0 heterocycles. The van der Waals surface area contributed by atoms with Gasteiger partial charge in [-0.3, -0.25) is 4.79 Å². The van der Waals surface area contributed by atoms with Crippen molar-refractivity contribution in [1.29, 1.82) is 0 Å². The molecule has 0 aromatic heterocycles. The van der Waals surface area contributed by atoms with Crippen molar-refractivity contribution in [3.05, 3.63) is 65.2 Å². The zero-order valence-electron chi connectivity index (χ0n) is 18.7. The highest BCUT2D eigenvalue weighted by atomic mass is 16.6. The minimum absolute atomic E-state index is 0.335. The van der Waals surface area contributed by atoms with Crippen LogP contribution in [0.5, 0.6) is 5.75 Å². The fourth-order valence-electron chi connectivity index (χ4n) is 2.78. The maximum atomic E-state index is 12.9. The van der Waals surface area contributed by atoms with Crippen LogP contribution in [0.25, 0.3) is 5.53 Å². The summed E-state index contributed by atoms with van der Waals surface area (Å²) in [5.74, 6) is -0.664. The Labute approximate surface area is 182 Å². The molecule has 1 atom stereocenters. The zero-order chi connectivity index (χ0) is 23.2. The second-order valence-corrected chi connectivity index (χ2v) is 8.11. The number of carbonyl (C=O) groups excluding carboxylic acids is 2. The molecule has 1 amide bonds. The number of rotatable bonds is 7. The summed E-state index contributed by atoms with van der Waals surface area (Å²) in [5.41, 5.74) is 10.3. The average Bonchev–Trinajstić information content (AvgIpc) is 2.72. The van der Waals surface area contributed by atoms with Crippen LogP contribution in [0.1, 0.15) is 42.7 Å². The van der Waals surface area contributed by atoms with Gasteiger partial charge in [0.25, 0.3) is 5.91 Å². The van der Waals surface area contributed by atoms with Crippen LogP contribution in [-0.4, -0.2) is 49.2 Å². The summed E-state index contributed by atoms with van der Waals surface area (Å²) in [6.45, 7) is 5.10. The Kier molecular flexibility index (Phi) is 7.56. The Morgan fingerprint density at radius 2 is 1.61 bits per heavy atom. The van der Waals surface area contributed by atoms with Crippen molar-refractivity contribution in [2.75, 3.05) is 26.1 Å². The molecular formula is C23H28N4O4. The summed E-state index contributed by atoms with van der Waals surface area (Å²) in [6, 6.07) is 12.7. The highest BCUT2D eigenvalue weighted by molar-refractivity contribution is 6.36. The molecule has 2 aromatic carbocycles. The van der Waals surface area contributed by atoms with Crippen molar-refractivity contribution in [1.82, 2.24) is 5.32 Å². The topological polar surface area (TPSA) is 104 Å². The lowest BCUT2D eigenvalue weighted by molar-refractivity contribution is -0.151. The van der Waals surface area contributed by atoms with E-state index in [1.54, 1.807) is 57.2 Å². The summed E-state index contributed by atoms with van der Waals surface area (Å²) in [7, 11) is 5.34. The van der Waals surface area contributed by atoms with Crippen LogP contribution in [0.3, 0.4) is 0 Å². The second kappa shape index (κ2) is 9.91. The number of amides is 1. The Hall–Kier alpha value is -3.64. The van der Waals surface area contributed by atoms with Crippen molar-refractivity contribution in [3.63, 3.8) is 0 Å². The van der Waals surface area contributed by atoms with E-state index in [1.807, 2.05) is 31.1 Å². The number of hydrogen-bond acceptors (Lipinski definition) is 5. The van der Waals surface area contributed by atoms with E-state index >= 15 is 0 Å². The molecule has 164 valence electrons. The van der Waals surface area contributed by atoms with E-state index in [0.717, 1.165) is 5.69 Å². The highest BCUT2D eigenvalue weighted by Gasteiger charge is 2.37. The number of ether oxygens (including phenoxy) is 2. The number of methoxy groups -OCH3 is 1. The third-order valence-corrected chi connectivity index (χ3v) is 4.36. The number of nitrogens with one attached hydrogen (secondary N) is 1. The van der Waals surface area contributed by atoms with Gasteiger partial charge < -0.3 is 25.2 Å². The van der Waals surface area contributed by atoms with Gasteiger partial charge in [-0.25, -0.2) is 4.79 Å². The maximum absolute atomic E-state index is 12.9. The fraction of sp³-hybridized carbons (Fsp3) is 0.348. The van der Waals surface area contributed by atoms with E-state index in [0.29, 0.717) is 16.9 Å². The van der Waals surface area contributed by atoms with E-state index in [1.165, 1.54) is 7.11 Å². The molecule has 0 aliphatic heterocycles. The second-order valence-electron chi connectivity index (χ2n) is 8.11. The van der Waals surface area contributed by atoms with Crippen LogP contribution >= 0.6 is 0 Å². The lowest BCUT2D eigenvalue weighted by Gasteiger charge is -2.21. The molecule has 0 saturated carbocycles. The molecule has 0 aliphatic rings. The summed E-state index contributed by atoms with van der Waals surface area (Å²) in [5, 5.41) is 2.77. The predicted molar refractivity (Wildman–Crippen MR) is 118 cm³/mol. The first-order chi connectivity index (χ1) is 14.6. The van der Waals surface area contributed by atoms with E-state index in [-0.39, 0.29) is 5.71 Å². The third kappa shape index (κ3) is 6.42. The van der Waals surface area contributed by atoms with Crippen molar-refractivity contribution in [2.24, 2.45) is 0 Å². The van der Waals surface area contributed by atoms with E-state index < -0.39 is 23.5 Å². The predicted octanol–water partition coefficient (Wildman–Crippen LogP) is 3.24. The highest BCUT2D eigenvalue weighted by Crippen LogP contribution is 2.21. The van der Waals surface area contributed by atoms with E-state index in [4.69, 9.17) is 9.47 Å². The van der Waals surface area contributed by atoms with Gasteiger partial charge in [-0.15, -0.1) is 0 Å². The van der Waals surface area contributed by atoms with Gasteiger partial charge in [-0.05, 0) is 62.7 Å². The quantitative estimate of drug-likeness (QED) is 0.318. The van der Waals surface area contributed by atoms with E-state index in [2.05, 4.69) is 10.1 Å². The molecular weight excluding hydrogens is 396 g/mol. The molecule has 2 aromatic rings. The monoisotopic (exact) mass is 424 g/mol. The first kappa shape index (κ1) is 23.6. The number of anilines is 1. The molecule has 8 heteroatoms. The number of nitrogens with zero attached hydrogens (tertiary/aromatic N) is 3. The van der Waals surface area contributed by atoms with Crippen molar-refractivity contribution >= 4 is 23.3 Å². The molecule has 0 bridgehead atoms. The van der Waals surface area contributed by atoms with Crippen molar-refractivity contribution in [2.45, 2.75) is 32.4 Å². The zero-order valence-corrected chi connectivity index (χ0v) is 18.7. The molecule has 2 rings (SSSR count).